The van der Waals surface area contributed by atoms with Gasteiger partial charge in [0.15, 0.2) is 5.65 Å². The summed E-state index contributed by atoms with van der Waals surface area (Å²) in [7, 11) is 0. The van der Waals surface area contributed by atoms with Crippen LogP contribution in [0.3, 0.4) is 0 Å². The van der Waals surface area contributed by atoms with E-state index in [1.54, 1.807) is 6.20 Å². The quantitative estimate of drug-likeness (QED) is 0.797. The maximum Gasteiger partial charge on any atom is 0.278 e. The standard InChI is InChI=1S/C17H18N6O/c1-10(2)14-15(13-7-19-22(9-13)8-11-3-4-11)21-16-12(5-18)6-20-23(16)17(14)24/h6-7,9-11,21H,3-4,8H2,1-2H3. The first-order valence-corrected chi connectivity index (χ1v) is 8.15. The van der Waals surface area contributed by atoms with Gasteiger partial charge in [0.05, 0.1) is 18.1 Å². The largest absolute Gasteiger partial charge is 0.338 e. The zero-order valence-corrected chi connectivity index (χ0v) is 13.7. The number of fused-ring (bicyclic) bond motifs is 1. The van der Waals surface area contributed by atoms with E-state index in [0.29, 0.717) is 16.8 Å². The van der Waals surface area contributed by atoms with E-state index < -0.39 is 0 Å². The van der Waals surface area contributed by atoms with E-state index in [-0.39, 0.29) is 11.5 Å². The van der Waals surface area contributed by atoms with Crippen molar-refractivity contribution in [2.24, 2.45) is 5.92 Å². The molecule has 1 aliphatic rings. The SMILES string of the molecule is CC(C)c1c(-c2cnn(CC3CC3)c2)[nH]c2c(C#N)cnn2c1=O. The number of rotatable bonds is 4. The van der Waals surface area contributed by atoms with E-state index in [1.165, 1.54) is 23.6 Å². The lowest BCUT2D eigenvalue weighted by molar-refractivity contribution is 0.563. The van der Waals surface area contributed by atoms with Gasteiger partial charge in [-0.1, -0.05) is 13.8 Å². The van der Waals surface area contributed by atoms with Gasteiger partial charge in [-0.25, -0.2) is 0 Å². The van der Waals surface area contributed by atoms with Gasteiger partial charge in [0.25, 0.3) is 5.56 Å². The van der Waals surface area contributed by atoms with Crippen molar-refractivity contribution >= 4 is 5.65 Å². The maximum absolute atomic E-state index is 12.8. The third-order valence-corrected chi connectivity index (χ3v) is 4.47. The summed E-state index contributed by atoms with van der Waals surface area (Å²) in [6.45, 7) is 4.87. The third-order valence-electron chi connectivity index (χ3n) is 4.47. The Morgan fingerprint density at radius 1 is 1.38 bits per heavy atom. The predicted molar refractivity (Wildman–Crippen MR) is 88.6 cm³/mol. The first-order valence-electron chi connectivity index (χ1n) is 8.15. The molecule has 1 saturated carbocycles. The number of aromatic amines is 1. The molecule has 0 aliphatic heterocycles. The number of nitrogens with zero attached hydrogens (tertiary/aromatic N) is 5. The minimum atomic E-state index is -0.190. The van der Waals surface area contributed by atoms with Gasteiger partial charge in [-0.05, 0) is 24.7 Å². The van der Waals surface area contributed by atoms with Crippen LogP contribution >= 0.6 is 0 Å². The molecule has 0 atom stereocenters. The summed E-state index contributed by atoms with van der Waals surface area (Å²) in [5, 5.41) is 17.7. The molecule has 0 radical (unpaired) electrons. The summed E-state index contributed by atoms with van der Waals surface area (Å²) in [6.07, 6.45) is 7.68. The molecule has 1 aliphatic carbocycles. The van der Waals surface area contributed by atoms with Crippen LogP contribution in [0.25, 0.3) is 16.9 Å². The minimum Gasteiger partial charge on any atom is -0.338 e. The highest BCUT2D eigenvalue weighted by Crippen LogP contribution is 2.31. The summed E-state index contributed by atoms with van der Waals surface area (Å²) in [6, 6.07) is 2.07. The van der Waals surface area contributed by atoms with Crippen LogP contribution in [0.1, 0.15) is 43.7 Å². The molecule has 7 heteroatoms. The van der Waals surface area contributed by atoms with Crippen LogP contribution in [0, 0.1) is 17.2 Å². The van der Waals surface area contributed by atoms with E-state index in [2.05, 4.69) is 21.3 Å². The molecule has 24 heavy (non-hydrogen) atoms. The van der Waals surface area contributed by atoms with Gasteiger partial charge in [0, 0.05) is 23.9 Å². The van der Waals surface area contributed by atoms with E-state index in [4.69, 9.17) is 0 Å². The van der Waals surface area contributed by atoms with Crippen molar-refractivity contribution in [2.75, 3.05) is 0 Å². The first-order chi connectivity index (χ1) is 11.6. The summed E-state index contributed by atoms with van der Waals surface area (Å²) in [5.41, 5.74) is 2.84. The van der Waals surface area contributed by atoms with Crippen molar-refractivity contribution in [1.82, 2.24) is 24.4 Å². The van der Waals surface area contributed by atoms with Gasteiger partial charge >= 0.3 is 0 Å². The van der Waals surface area contributed by atoms with Gasteiger partial charge in [-0.2, -0.15) is 20.0 Å². The monoisotopic (exact) mass is 322 g/mol. The number of H-pyrrole nitrogens is 1. The Balaban J connectivity index is 1.92. The average molecular weight is 322 g/mol. The molecule has 122 valence electrons. The first kappa shape index (κ1) is 14.7. The van der Waals surface area contributed by atoms with Crippen LogP contribution in [0.2, 0.25) is 0 Å². The van der Waals surface area contributed by atoms with E-state index in [1.807, 2.05) is 24.7 Å². The van der Waals surface area contributed by atoms with Crippen LogP contribution in [-0.4, -0.2) is 24.4 Å². The topological polar surface area (TPSA) is 91.8 Å². The van der Waals surface area contributed by atoms with Gasteiger partial charge in [-0.3, -0.25) is 9.48 Å². The molecule has 3 aromatic rings. The Bertz CT molecular complexity index is 1010. The smallest absolute Gasteiger partial charge is 0.278 e. The molecule has 3 heterocycles. The Morgan fingerprint density at radius 3 is 2.83 bits per heavy atom. The van der Waals surface area contributed by atoms with Gasteiger partial charge in [-0.15, -0.1) is 0 Å². The maximum atomic E-state index is 12.8. The van der Waals surface area contributed by atoms with E-state index >= 15 is 0 Å². The second-order valence-corrected chi connectivity index (χ2v) is 6.70. The molecule has 0 aromatic carbocycles. The zero-order valence-electron chi connectivity index (χ0n) is 13.7. The van der Waals surface area contributed by atoms with Crippen molar-refractivity contribution in [1.29, 1.82) is 5.26 Å². The number of hydrogen-bond acceptors (Lipinski definition) is 4. The van der Waals surface area contributed by atoms with Gasteiger partial charge in [0.2, 0.25) is 0 Å². The molecule has 0 bridgehead atoms. The van der Waals surface area contributed by atoms with Crippen LogP contribution in [0.4, 0.5) is 0 Å². The third kappa shape index (κ3) is 2.31. The molecule has 0 saturated heterocycles. The minimum absolute atomic E-state index is 0.0228. The number of aromatic nitrogens is 5. The lowest BCUT2D eigenvalue weighted by Gasteiger charge is -2.11. The van der Waals surface area contributed by atoms with Crippen molar-refractivity contribution in [3.8, 4) is 17.3 Å². The molecule has 1 fully saturated rings. The van der Waals surface area contributed by atoms with Gasteiger partial charge in [0.1, 0.15) is 11.6 Å². The Morgan fingerprint density at radius 2 is 2.17 bits per heavy atom. The highest BCUT2D eigenvalue weighted by atomic mass is 16.1. The highest BCUT2D eigenvalue weighted by Gasteiger charge is 2.23. The van der Waals surface area contributed by atoms with Crippen molar-refractivity contribution < 1.29 is 0 Å². The summed E-state index contributed by atoms with van der Waals surface area (Å²) >= 11 is 0. The van der Waals surface area contributed by atoms with Crippen LogP contribution in [-0.2, 0) is 6.54 Å². The zero-order chi connectivity index (χ0) is 16.8. The fourth-order valence-electron chi connectivity index (χ4n) is 3.03. The molecule has 1 N–H and O–H groups in total. The molecule has 0 spiro atoms. The normalized spacial score (nSPS) is 14.4. The molecule has 3 aromatic heterocycles. The lowest BCUT2D eigenvalue weighted by Crippen LogP contribution is -2.22. The molecule has 4 rings (SSSR count). The van der Waals surface area contributed by atoms with Crippen LogP contribution < -0.4 is 5.56 Å². The van der Waals surface area contributed by atoms with E-state index in [0.717, 1.165) is 23.7 Å². The number of nitrogens with one attached hydrogen (secondary N) is 1. The predicted octanol–water partition coefficient (Wildman–Crippen LogP) is 2.29. The molecule has 0 unspecified atom stereocenters. The molecule has 7 nitrogen and oxygen atoms in total. The second kappa shape index (κ2) is 5.34. The second-order valence-electron chi connectivity index (χ2n) is 6.70. The fourth-order valence-corrected chi connectivity index (χ4v) is 3.03. The van der Waals surface area contributed by atoms with E-state index in [9.17, 15) is 10.1 Å². The Kier molecular flexibility index (Phi) is 3.27. The summed E-state index contributed by atoms with van der Waals surface area (Å²) in [5.74, 6) is 0.749. The average Bonchev–Trinajstić information content (AvgIpc) is 3.08. The van der Waals surface area contributed by atoms with Gasteiger partial charge < -0.3 is 4.98 Å². The summed E-state index contributed by atoms with van der Waals surface area (Å²) in [4.78, 5) is 16.1. The fraction of sp³-hybridized carbons (Fsp3) is 0.412. The number of hydrogen-bond donors (Lipinski definition) is 1. The summed E-state index contributed by atoms with van der Waals surface area (Å²) < 4.78 is 3.20. The molecular formula is C17H18N6O. The van der Waals surface area contributed by atoms with Crippen molar-refractivity contribution in [3.05, 3.63) is 40.1 Å². The van der Waals surface area contributed by atoms with Crippen molar-refractivity contribution in [3.63, 3.8) is 0 Å². The molecular weight excluding hydrogens is 304 g/mol. The highest BCUT2D eigenvalue weighted by molar-refractivity contribution is 5.67. The lowest BCUT2D eigenvalue weighted by atomic mass is 10.00. The van der Waals surface area contributed by atoms with Crippen molar-refractivity contribution in [2.45, 2.75) is 39.2 Å². The van der Waals surface area contributed by atoms with Crippen LogP contribution in [0.5, 0.6) is 0 Å². The Labute approximate surface area is 138 Å². The Hall–Kier alpha value is -2.88. The number of nitriles is 1. The molecule has 0 amide bonds. The van der Waals surface area contributed by atoms with Crippen LogP contribution in [0.15, 0.2) is 23.4 Å².